The molecule has 0 aliphatic rings. The van der Waals surface area contributed by atoms with Crippen LogP contribution in [-0.4, -0.2) is 21.0 Å². The van der Waals surface area contributed by atoms with Gasteiger partial charge in [0.1, 0.15) is 5.75 Å². The van der Waals surface area contributed by atoms with Crippen molar-refractivity contribution in [2.45, 2.75) is 0 Å². The lowest BCUT2D eigenvalue weighted by molar-refractivity contribution is 0.102. The summed E-state index contributed by atoms with van der Waals surface area (Å²) in [6, 6.07) is 19.6. The fraction of sp³-hybridized carbons (Fsp3) is 0. The van der Waals surface area contributed by atoms with Gasteiger partial charge in [-0.3, -0.25) is 4.79 Å². The van der Waals surface area contributed by atoms with Gasteiger partial charge < -0.3 is 21.1 Å². The van der Waals surface area contributed by atoms with E-state index in [1.165, 1.54) is 12.1 Å². The molecule has 1 amide bonds. The number of phenolic OH excluding ortho intramolecular Hbond substituents is 1. The van der Waals surface area contributed by atoms with Crippen LogP contribution in [0.2, 0.25) is 5.02 Å². The van der Waals surface area contributed by atoms with Crippen molar-refractivity contribution >= 4 is 46.3 Å². The monoisotopic (exact) mass is 449 g/mol. The average molecular weight is 450 g/mol. The van der Waals surface area contributed by atoms with Gasteiger partial charge in [-0.15, -0.1) is 0 Å². The molecule has 160 valence electrons. The fourth-order valence-corrected chi connectivity index (χ4v) is 2.89. The van der Waals surface area contributed by atoms with Crippen molar-refractivity contribution in [1.29, 1.82) is 0 Å². The number of hydrogen-bond acceptors (Lipinski definition) is 6. The molecule has 0 bridgehead atoms. The SMILES string of the molecule is O=C(Nc1ccc(Cl)cc1)c1ccc(Nc2nc(Nc3ccc(O)cc3)ncc2F)cc1. The van der Waals surface area contributed by atoms with Crippen molar-refractivity contribution in [2.24, 2.45) is 0 Å². The second kappa shape index (κ2) is 9.32. The van der Waals surface area contributed by atoms with Crippen LogP contribution in [0.25, 0.3) is 0 Å². The van der Waals surface area contributed by atoms with E-state index >= 15 is 0 Å². The normalized spacial score (nSPS) is 10.4. The molecule has 0 aliphatic heterocycles. The van der Waals surface area contributed by atoms with Gasteiger partial charge in [0.25, 0.3) is 5.91 Å². The lowest BCUT2D eigenvalue weighted by Crippen LogP contribution is -2.11. The van der Waals surface area contributed by atoms with Crippen molar-refractivity contribution in [1.82, 2.24) is 9.97 Å². The number of halogens is 2. The molecule has 3 aromatic carbocycles. The minimum Gasteiger partial charge on any atom is -0.508 e. The number of nitrogens with zero attached hydrogens (tertiary/aromatic N) is 2. The largest absolute Gasteiger partial charge is 0.508 e. The Hall–Kier alpha value is -4.17. The zero-order valence-electron chi connectivity index (χ0n) is 16.5. The standard InChI is InChI=1S/C23H17ClFN5O2/c24-15-3-7-17(8-4-15)28-22(32)14-1-5-16(6-2-14)27-21-20(25)13-26-23(30-21)29-18-9-11-19(31)12-10-18/h1-13,31H,(H,28,32)(H2,26,27,29,30). The zero-order chi connectivity index (χ0) is 22.5. The summed E-state index contributed by atoms with van der Waals surface area (Å²) in [6.45, 7) is 0. The highest BCUT2D eigenvalue weighted by molar-refractivity contribution is 6.30. The van der Waals surface area contributed by atoms with E-state index in [0.29, 0.717) is 27.6 Å². The lowest BCUT2D eigenvalue weighted by Gasteiger charge is -2.10. The van der Waals surface area contributed by atoms with Crippen LogP contribution in [0.5, 0.6) is 5.75 Å². The summed E-state index contributed by atoms with van der Waals surface area (Å²) in [7, 11) is 0. The van der Waals surface area contributed by atoms with E-state index in [9.17, 15) is 14.3 Å². The molecule has 1 heterocycles. The van der Waals surface area contributed by atoms with Gasteiger partial charge in [0.2, 0.25) is 5.95 Å². The summed E-state index contributed by atoms with van der Waals surface area (Å²) in [5, 5.41) is 18.5. The van der Waals surface area contributed by atoms with Crippen LogP contribution in [0.15, 0.2) is 79.0 Å². The second-order valence-corrected chi connectivity index (χ2v) is 7.16. The number of carbonyl (C=O) groups is 1. The highest BCUT2D eigenvalue weighted by atomic mass is 35.5. The summed E-state index contributed by atoms with van der Waals surface area (Å²) in [5.41, 5.74) is 2.24. The van der Waals surface area contributed by atoms with E-state index in [-0.39, 0.29) is 23.4 Å². The van der Waals surface area contributed by atoms with Crippen molar-refractivity contribution < 1.29 is 14.3 Å². The van der Waals surface area contributed by atoms with Crippen molar-refractivity contribution in [2.75, 3.05) is 16.0 Å². The molecule has 0 aliphatic carbocycles. The Kier molecular flexibility index (Phi) is 6.14. The molecular weight excluding hydrogens is 433 g/mol. The maximum atomic E-state index is 14.2. The number of aromatic hydroxyl groups is 1. The third kappa shape index (κ3) is 5.30. The molecule has 1 aromatic heterocycles. The average Bonchev–Trinajstić information content (AvgIpc) is 2.79. The van der Waals surface area contributed by atoms with Gasteiger partial charge in [-0.25, -0.2) is 9.37 Å². The number of benzene rings is 3. The van der Waals surface area contributed by atoms with Crippen LogP contribution in [-0.2, 0) is 0 Å². The molecule has 32 heavy (non-hydrogen) atoms. The van der Waals surface area contributed by atoms with E-state index in [4.69, 9.17) is 11.6 Å². The maximum absolute atomic E-state index is 14.2. The first-order valence-electron chi connectivity index (χ1n) is 9.49. The van der Waals surface area contributed by atoms with Crippen LogP contribution in [0.4, 0.5) is 33.2 Å². The molecule has 4 aromatic rings. The topological polar surface area (TPSA) is 99.2 Å². The third-order valence-corrected chi connectivity index (χ3v) is 4.63. The third-order valence-electron chi connectivity index (χ3n) is 4.38. The van der Waals surface area contributed by atoms with Gasteiger partial charge in [0, 0.05) is 27.6 Å². The van der Waals surface area contributed by atoms with Crippen LogP contribution in [0.3, 0.4) is 0 Å². The number of anilines is 5. The minimum atomic E-state index is -0.634. The van der Waals surface area contributed by atoms with Crippen LogP contribution >= 0.6 is 11.6 Å². The van der Waals surface area contributed by atoms with Gasteiger partial charge in [-0.1, -0.05) is 11.6 Å². The Balaban J connectivity index is 1.44. The molecule has 7 nitrogen and oxygen atoms in total. The lowest BCUT2D eigenvalue weighted by atomic mass is 10.2. The summed E-state index contributed by atoms with van der Waals surface area (Å²) < 4.78 is 14.2. The molecule has 0 saturated carbocycles. The number of carbonyl (C=O) groups excluding carboxylic acids is 1. The van der Waals surface area contributed by atoms with E-state index in [2.05, 4.69) is 25.9 Å². The molecule has 0 radical (unpaired) electrons. The molecule has 9 heteroatoms. The maximum Gasteiger partial charge on any atom is 0.255 e. The van der Waals surface area contributed by atoms with Gasteiger partial charge in [0.15, 0.2) is 11.6 Å². The Bertz CT molecular complexity index is 1230. The minimum absolute atomic E-state index is 0.0281. The van der Waals surface area contributed by atoms with Gasteiger partial charge in [-0.2, -0.15) is 4.98 Å². The van der Waals surface area contributed by atoms with Crippen molar-refractivity contribution in [3.63, 3.8) is 0 Å². The first-order chi connectivity index (χ1) is 15.5. The molecule has 4 rings (SSSR count). The number of phenols is 1. The Morgan fingerprint density at radius 3 is 2.12 bits per heavy atom. The summed E-state index contributed by atoms with van der Waals surface area (Å²) in [5.74, 6) is -0.639. The molecule has 0 saturated heterocycles. The first-order valence-corrected chi connectivity index (χ1v) is 9.87. The molecule has 0 fully saturated rings. The Morgan fingerprint density at radius 2 is 1.44 bits per heavy atom. The van der Waals surface area contributed by atoms with E-state index in [1.54, 1.807) is 60.7 Å². The Morgan fingerprint density at radius 1 is 0.844 bits per heavy atom. The molecule has 0 atom stereocenters. The van der Waals surface area contributed by atoms with Crippen LogP contribution < -0.4 is 16.0 Å². The highest BCUT2D eigenvalue weighted by Gasteiger charge is 2.10. The van der Waals surface area contributed by atoms with Crippen molar-refractivity contribution in [3.05, 3.63) is 95.4 Å². The Labute approximate surface area is 187 Å². The smallest absolute Gasteiger partial charge is 0.255 e. The predicted molar refractivity (Wildman–Crippen MR) is 123 cm³/mol. The van der Waals surface area contributed by atoms with Gasteiger partial charge in [0.05, 0.1) is 6.20 Å². The highest BCUT2D eigenvalue weighted by Crippen LogP contribution is 2.22. The molecule has 4 N–H and O–H groups in total. The zero-order valence-corrected chi connectivity index (χ0v) is 17.3. The van der Waals surface area contributed by atoms with Gasteiger partial charge >= 0.3 is 0 Å². The summed E-state index contributed by atoms with van der Waals surface area (Å²) in [6.07, 6.45) is 1.05. The van der Waals surface area contributed by atoms with E-state index in [1.807, 2.05) is 0 Å². The van der Waals surface area contributed by atoms with Gasteiger partial charge in [-0.05, 0) is 72.8 Å². The predicted octanol–water partition coefficient (Wildman–Crippen LogP) is 5.71. The number of amides is 1. The quantitative estimate of drug-likeness (QED) is 0.281. The van der Waals surface area contributed by atoms with Crippen LogP contribution in [0.1, 0.15) is 10.4 Å². The second-order valence-electron chi connectivity index (χ2n) is 6.73. The number of aromatic nitrogens is 2. The summed E-state index contributed by atoms with van der Waals surface area (Å²) in [4.78, 5) is 20.5. The number of rotatable bonds is 6. The molecule has 0 unspecified atom stereocenters. The number of hydrogen-bond donors (Lipinski definition) is 4. The summed E-state index contributed by atoms with van der Waals surface area (Å²) >= 11 is 5.85. The fourth-order valence-electron chi connectivity index (χ4n) is 2.77. The molecule has 0 spiro atoms. The van der Waals surface area contributed by atoms with Crippen molar-refractivity contribution in [3.8, 4) is 5.75 Å². The first kappa shape index (κ1) is 21.1. The van der Waals surface area contributed by atoms with Crippen LogP contribution in [0, 0.1) is 5.82 Å². The van der Waals surface area contributed by atoms with E-state index < -0.39 is 5.82 Å². The molecular formula is C23H17ClFN5O2. The number of nitrogens with one attached hydrogen (secondary N) is 3. The van der Waals surface area contributed by atoms with E-state index in [0.717, 1.165) is 6.20 Å².